The summed E-state index contributed by atoms with van der Waals surface area (Å²) in [6.45, 7) is 1.72. The number of hydrogen-bond acceptors (Lipinski definition) is 4. The lowest BCUT2D eigenvalue weighted by molar-refractivity contribution is -0.144. The highest BCUT2D eigenvalue weighted by atomic mass is 16.5. The van der Waals surface area contributed by atoms with Crippen LogP contribution in [0.25, 0.3) is 0 Å². The molecular weight excluding hydrogens is 252 g/mol. The largest absolute Gasteiger partial charge is 0.480 e. The van der Waals surface area contributed by atoms with Crippen molar-refractivity contribution in [3.63, 3.8) is 0 Å². The minimum Gasteiger partial charge on any atom is -0.480 e. The number of amides is 2. The van der Waals surface area contributed by atoms with Crippen LogP contribution in [0.5, 0.6) is 0 Å². The predicted molar refractivity (Wildman–Crippen MR) is 67.8 cm³/mol. The van der Waals surface area contributed by atoms with Gasteiger partial charge in [-0.2, -0.15) is 0 Å². The van der Waals surface area contributed by atoms with Gasteiger partial charge in [0.15, 0.2) is 0 Å². The van der Waals surface area contributed by atoms with Gasteiger partial charge in [0, 0.05) is 14.2 Å². The molecule has 110 valence electrons. The SMILES string of the molecule is COCC(O)CN(C)C(=O)NC(C)(C(=O)O)C1CC1. The molecule has 0 saturated heterocycles. The number of aliphatic carboxylic acids is 1. The first-order valence-corrected chi connectivity index (χ1v) is 6.25. The zero-order chi connectivity index (χ0) is 14.6. The highest BCUT2D eigenvalue weighted by molar-refractivity contribution is 5.86. The van der Waals surface area contributed by atoms with Gasteiger partial charge in [-0.1, -0.05) is 0 Å². The van der Waals surface area contributed by atoms with Gasteiger partial charge in [0.1, 0.15) is 5.54 Å². The Hall–Kier alpha value is -1.34. The maximum atomic E-state index is 11.9. The van der Waals surface area contributed by atoms with Gasteiger partial charge in [0.25, 0.3) is 0 Å². The Morgan fingerprint density at radius 2 is 2.11 bits per heavy atom. The third-order valence-corrected chi connectivity index (χ3v) is 3.40. The summed E-state index contributed by atoms with van der Waals surface area (Å²) in [5, 5.41) is 21.3. The summed E-state index contributed by atoms with van der Waals surface area (Å²) in [4.78, 5) is 24.5. The van der Waals surface area contributed by atoms with Crippen LogP contribution in [-0.2, 0) is 9.53 Å². The summed E-state index contributed by atoms with van der Waals surface area (Å²) in [5.41, 5.74) is -1.24. The molecule has 2 atom stereocenters. The van der Waals surface area contributed by atoms with E-state index in [-0.39, 0.29) is 19.1 Å². The topological polar surface area (TPSA) is 99.1 Å². The summed E-state index contributed by atoms with van der Waals surface area (Å²) in [7, 11) is 2.96. The summed E-state index contributed by atoms with van der Waals surface area (Å²) in [6, 6.07) is -0.507. The van der Waals surface area contributed by atoms with E-state index in [0.717, 1.165) is 12.8 Å². The van der Waals surface area contributed by atoms with Crippen molar-refractivity contribution in [1.29, 1.82) is 0 Å². The minimum atomic E-state index is -1.24. The number of methoxy groups -OCH3 is 1. The van der Waals surface area contributed by atoms with E-state index in [9.17, 15) is 19.8 Å². The average molecular weight is 274 g/mol. The first-order chi connectivity index (χ1) is 8.81. The zero-order valence-electron chi connectivity index (χ0n) is 11.5. The molecule has 7 nitrogen and oxygen atoms in total. The molecule has 19 heavy (non-hydrogen) atoms. The second kappa shape index (κ2) is 6.21. The second-order valence-corrected chi connectivity index (χ2v) is 5.20. The number of carbonyl (C=O) groups excluding carboxylic acids is 1. The quantitative estimate of drug-likeness (QED) is 0.601. The van der Waals surface area contributed by atoms with Gasteiger partial charge in [-0.3, -0.25) is 0 Å². The molecule has 1 rings (SSSR count). The molecule has 7 heteroatoms. The lowest BCUT2D eigenvalue weighted by Gasteiger charge is -2.29. The molecule has 2 unspecified atom stereocenters. The number of ether oxygens (including phenoxy) is 1. The van der Waals surface area contributed by atoms with Crippen LogP contribution < -0.4 is 5.32 Å². The Labute approximate surface area is 112 Å². The van der Waals surface area contributed by atoms with Crippen molar-refractivity contribution in [2.45, 2.75) is 31.4 Å². The van der Waals surface area contributed by atoms with E-state index in [2.05, 4.69) is 5.32 Å². The molecule has 0 aromatic rings. The number of nitrogens with zero attached hydrogens (tertiary/aromatic N) is 1. The monoisotopic (exact) mass is 274 g/mol. The van der Waals surface area contributed by atoms with Gasteiger partial charge in [0.2, 0.25) is 0 Å². The number of carbonyl (C=O) groups is 2. The standard InChI is InChI=1S/C12H22N2O5/c1-12(10(16)17,8-4-5-8)13-11(18)14(2)6-9(15)7-19-3/h8-9,15H,4-7H2,1-3H3,(H,13,18)(H,16,17). The van der Waals surface area contributed by atoms with Gasteiger partial charge in [-0.25, -0.2) is 9.59 Å². The first-order valence-electron chi connectivity index (χ1n) is 6.25. The third kappa shape index (κ3) is 4.07. The van der Waals surface area contributed by atoms with Crippen molar-refractivity contribution in [3.05, 3.63) is 0 Å². The minimum absolute atomic E-state index is 0.0220. The van der Waals surface area contributed by atoms with Gasteiger partial charge in [-0.15, -0.1) is 0 Å². The Morgan fingerprint density at radius 1 is 1.53 bits per heavy atom. The number of rotatable bonds is 7. The molecule has 0 heterocycles. The lowest BCUT2D eigenvalue weighted by Crippen LogP contribution is -2.57. The Balaban J connectivity index is 2.55. The van der Waals surface area contributed by atoms with Crippen molar-refractivity contribution in [1.82, 2.24) is 10.2 Å². The maximum absolute atomic E-state index is 11.9. The van der Waals surface area contributed by atoms with Gasteiger partial charge in [-0.05, 0) is 25.7 Å². The van der Waals surface area contributed by atoms with Crippen molar-refractivity contribution in [2.75, 3.05) is 27.3 Å². The number of likely N-dealkylation sites (N-methyl/N-ethyl adjacent to an activating group) is 1. The van der Waals surface area contributed by atoms with Crippen molar-refractivity contribution in [3.8, 4) is 0 Å². The highest BCUT2D eigenvalue weighted by Crippen LogP contribution is 2.39. The van der Waals surface area contributed by atoms with E-state index in [0.29, 0.717) is 0 Å². The molecule has 0 aromatic heterocycles. The van der Waals surface area contributed by atoms with Crippen LogP contribution in [0.15, 0.2) is 0 Å². The molecule has 1 saturated carbocycles. The van der Waals surface area contributed by atoms with Crippen LogP contribution in [0.3, 0.4) is 0 Å². The fourth-order valence-electron chi connectivity index (χ4n) is 1.95. The van der Waals surface area contributed by atoms with E-state index < -0.39 is 23.6 Å². The molecule has 0 aromatic carbocycles. The molecule has 0 bridgehead atoms. The molecule has 2 amide bonds. The maximum Gasteiger partial charge on any atom is 0.329 e. The third-order valence-electron chi connectivity index (χ3n) is 3.40. The van der Waals surface area contributed by atoms with Crippen molar-refractivity contribution in [2.24, 2.45) is 5.92 Å². The summed E-state index contributed by atoms with van der Waals surface area (Å²) >= 11 is 0. The molecule has 0 aliphatic heterocycles. The predicted octanol–water partition coefficient (Wildman–Crippen LogP) is -0.112. The Morgan fingerprint density at radius 3 is 2.53 bits per heavy atom. The molecule has 3 N–H and O–H groups in total. The number of hydrogen-bond donors (Lipinski definition) is 3. The Kier molecular flexibility index (Phi) is 5.13. The van der Waals surface area contributed by atoms with E-state index in [4.69, 9.17) is 4.74 Å². The summed E-state index contributed by atoms with van der Waals surface area (Å²) in [5.74, 6) is -1.06. The van der Waals surface area contributed by atoms with Crippen molar-refractivity contribution >= 4 is 12.0 Å². The first kappa shape index (κ1) is 15.7. The van der Waals surface area contributed by atoms with Gasteiger partial charge < -0.3 is 25.2 Å². The fourth-order valence-corrected chi connectivity index (χ4v) is 1.95. The van der Waals surface area contributed by atoms with E-state index in [1.807, 2.05) is 0 Å². The van der Waals surface area contributed by atoms with Crippen LogP contribution in [0.4, 0.5) is 4.79 Å². The number of carboxylic acids is 1. The molecule has 0 radical (unpaired) electrons. The number of aliphatic hydroxyl groups is 1. The van der Waals surface area contributed by atoms with Crippen LogP contribution in [0.2, 0.25) is 0 Å². The fraction of sp³-hybridized carbons (Fsp3) is 0.833. The lowest BCUT2D eigenvalue weighted by atomic mass is 9.96. The smallest absolute Gasteiger partial charge is 0.329 e. The highest BCUT2D eigenvalue weighted by Gasteiger charge is 2.48. The molecular formula is C12H22N2O5. The molecule has 0 spiro atoms. The van der Waals surface area contributed by atoms with E-state index >= 15 is 0 Å². The van der Waals surface area contributed by atoms with Gasteiger partial charge in [0.05, 0.1) is 19.3 Å². The molecule has 1 aliphatic rings. The van der Waals surface area contributed by atoms with Gasteiger partial charge >= 0.3 is 12.0 Å². The van der Waals surface area contributed by atoms with Crippen LogP contribution in [0, 0.1) is 5.92 Å². The molecule has 1 aliphatic carbocycles. The van der Waals surface area contributed by atoms with Crippen molar-refractivity contribution < 1.29 is 24.5 Å². The van der Waals surface area contributed by atoms with Crippen LogP contribution in [-0.4, -0.2) is 66.1 Å². The Bertz CT molecular complexity index is 345. The normalized spacial score (nSPS) is 19.4. The number of carboxylic acid groups (broad SMARTS) is 1. The zero-order valence-corrected chi connectivity index (χ0v) is 11.5. The van der Waals surface area contributed by atoms with E-state index in [1.54, 1.807) is 0 Å². The number of aliphatic hydroxyl groups excluding tert-OH is 1. The van der Waals surface area contributed by atoms with E-state index in [1.165, 1.54) is 26.0 Å². The average Bonchev–Trinajstić information content (AvgIpc) is 3.12. The summed E-state index contributed by atoms with van der Waals surface area (Å²) < 4.78 is 4.77. The number of urea groups is 1. The molecule has 1 fully saturated rings. The van der Waals surface area contributed by atoms with Crippen LogP contribution in [0.1, 0.15) is 19.8 Å². The van der Waals surface area contributed by atoms with Crippen LogP contribution >= 0.6 is 0 Å². The number of nitrogens with one attached hydrogen (secondary N) is 1. The summed E-state index contributed by atoms with van der Waals surface area (Å²) in [6.07, 6.45) is 0.816. The second-order valence-electron chi connectivity index (χ2n) is 5.20.